The monoisotopic (exact) mass is 245 g/mol. The summed E-state index contributed by atoms with van der Waals surface area (Å²) in [6.07, 6.45) is 5.71. The molecule has 0 amide bonds. The Morgan fingerprint density at radius 3 is 2.56 bits per heavy atom. The van der Waals surface area contributed by atoms with Crippen LogP contribution in [0.25, 0.3) is 0 Å². The van der Waals surface area contributed by atoms with Crippen LogP contribution in [0.1, 0.15) is 25.0 Å². The van der Waals surface area contributed by atoms with Crippen molar-refractivity contribution in [2.45, 2.75) is 32.4 Å². The highest BCUT2D eigenvalue weighted by Gasteiger charge is 2.14. The van der Waals surface area contributed by atoms with E-state index in [4.69, 9.17) is 6.42 Å². The Morgan fingerprint density at radius 2 is 2.00 bits per heavy atom. The van der Waals surface area contributed by atoms with Crippen molar-refractivity contribution in [1.29, 1.82) is 0 Å². The first-order chi connectivity index (χ1) is 8.48. The Kier molecular flexibility index (Phi) is 4.94. The van der Waals surface area contributed by atoms with E-state index in [0.717, 1.165) is 11.1 Å². The molecule has 0 fully saturated rings. The van der Waals surface area contributed by atoms with E-state index < -0.39 is 0 Å². The van der Waals surface area contributed by atoms with Gasteiger partial charge < -0.3 is 4.74 Å². The first-order valence-electron chi connectivity index (χ1n) is 5.85. The Balaban J connectivity index is 2.77. The maximum absolute atomic E-state index is 11.3. The van der Waals surface area contributed by atoms with Crippen LogP contribution in [0.4, 0.5) is 0 Å². The highest BCUT2D eigenvalue weighted by Crippen LogP contribution is 2.12. The Morgan fingerprint density at radius 1 is 1.39 bits per heavy atom. The molecule has 0 aliphatic carbocycles. The number of methoxy groups -OCH3 is 1. The second-order valence-corrected chi connectivity index (χ2v) is 4.64. The molecule has 0 atom stereocenters. The van der Waals surface area contributed by atoms with Crippen molar-refractivity contribution in [3.63, 3.8) is 0 Å². The van der Waals surface area contributed by atoms with Gasteiger partial charge in [0.05, 0.1) is 19.1 Å². The number of ether oxygens (including phenoxy) is 1. The molecule has 0 radical (unpaired) electrons. The third kappa shape index (κ3) is 4.23. The molecule has 0 aliphatic heterocycles. The number of rotatable bonds is 5. The summed E-state index contributed by atoms with van der Waals surface area (Å²) in [5.41, 5.74) is 1.66. The molecule has 1 aromatic rings. The van der Waals surface area contributed by atoms with Gasteiger partial charge in [-0.1, -0.05) is 30.2 Å². The zero-order valence-corrected chi connectivity index (χ0v) is 11.1. The number of terminal acetylenes is 1. The van der Waals surface area contributed by atoms with E-state index >= 15 is 0 Å². The number of hydrogen-bond donors (Lipinski definition) is 1. The summed E-state index contributed by atoms with van der Waals surface area (Å²) >= 11 is 0. The summed E-state index contributed by atoms with van der Waals surface area (Å²) < 4.78 is 4.68. The largest absolute Gasteiger partial charge is 0.469 e. The molecule has 0 aromatic heterocycles. The minimum Gasteiger partial charge on any atom is -0.469 e. The van der Waals surface area contributed by atoms with Crippen LogP contribution in [0.3, 0.4) is 0 Å². The van der Waals surface area contributed by atoms with Crippen LogP contribution < -0.4 is 5.32 Å². The van der Waals surface area contributed by atoms with E-state index in [9.17, 15) is 4.79 Å². The van der Waals surface area contributed by atoms with Crippen LogP contribution in [-0.4, -0.2) is 18.6 Å². The molecule has 0 unspecified atom stereocenters. The average Bonchev–Trinajstić information content (AvgIpc) is 2.37. The molecule has 96 valence electrons. The zero-order chi connectivity index (χ0) is 13.6. The lowest BCUT2D eigenvalue weighted by atomic mass is 10.0. The van der Waals surface area contributed by atoms with Crippen LogP contribution in [-0.2, 0) is 22.5 Å². The van der Waals surface area contributed by atoms with Gasteiger partial charge in [-0.15, -0.1) is 6.42 Å². The van der Waals surface area contributed by atoms with Crippen LogP contribution in [0.2, 0.25) is 0 Å². The maximum Gasteiger partial charge on any atom is 0.309 e. The standard InChI is InChI=1S/C15H19NO2/c1-5-15(2,3)16-11-13-9-7-6-8-12(13)10-14(17)18-4/h1,6-9,16H,10-11H2,2-4H3. The van der Waals surface area contributed by atoms with Crippen molar-refractivity contribution < 1.29 is 9.53 Å². The number of carbonyl (C=O) groups is 1. The van der Waals surface area contributed by atoms with E-state index in [2.05, 4.69) is 16.0 Å². The summed E-state index contributed by atoms with van der Waals surface area (Å²) in [4.78, 5) is 11.3. The first kappa shape index (κ1) is 14.3. The molecule has 0 bridgehead atoms. The highest BCUT2D eigenvalue weighted by atomic mass is 16.5. The van der Waals surface area contributed by atoms with E-state index in [1.54, 1.807) is 0 Å². The van der Waals surface area contributed by atoms with Crippen molar-refractivity contribution >= 4 is 5.97 Å². The Bertz CT molecular complexity index is 458. The van der Waals surface area contributed by atoms with Gasteiger partial charge in [-0.25, -0.2) is 0 Å². The number of carbonyl (C=O) groups excluding carboxylic acids is 1. The van der Waals surface area contributed by atoms with E-state index in [-0.39, 0.29) is 17.9 Å². The molecule has 0 spiro atoms. The van der Waals surface area contributed by atoms with Crippen LogP contribution in [0.15, 0.2) is 24.3 Å². The molecular weight excluding hydrogens is 226 g/mol. The van der Waals surface area contributed by atoms with Gasteiger partial charge in [0.15, 0.2) is 0 Å². The molecule has 0 saturated heterocycles. The van der Waals surface area contributed by atoms with Crippen LogP contribution in [0, 0.1) is 12.3 Å². The Labute approximate surface area is 109 Å². The normalized spacial score (nSPS) is 10.8. The molecule has 1 aromatic carbocycles. The van der Waals surface area contributed by atoms with Crippen LogP contribution in [0.5, 0.6) is 0 Å². The molecule has 1 N–H and O–H groups in total. The van der Waals surface area contributed by atoms with Gasteiger partial charge in [-0.3, -0.25) is 10.1 Å². The number of esters is 1. The van der Waals surface area contributed by atoms with Gasteiger partial charge in [0.25, 0.3) is 0 Å². The van der Waals surface area contributed by atoms with Gasteiger partial charge in [0.1, 0.15) is 0 Å². The SMILES string of the molecule is C#CC(C)(C)NCc1ccccc1CC(=O)OC. The minimum absolute atomic E-state index is 0.237. The fourth-order valence-corrected chi connectivity index (χ4v) is 1.50. The van der Waals surface area contributed by atoms with Crippen LogP contribution >= 0.6 is 0 Å². The predicted octanol–water partition coefficient (Wildman–Crippen LogP) is 1.90. The topological polar surface area (TPSA) is 38.3 Å². The molecule has 3 heteroatoms. The smallest absolute Gasteiger partial charge is 0.309 e. The summed E-state index contributed by atoms with van der Waals surface area (Å²) in [7, 11) is 1.39. The lowest BCUT2D eigenvalue weighted by molar-refractivity contribution is -0.139. The van der Waals surface area contributed by atoms with Crippen molar-refractivity contribution in [1.82, 2.24) is 5.32 Å². The molecule has 0 aliphatic rings. The van der Waals surface area contributed by atoms with Crippen molar-refractivity contribution in [2.75, 3.05) is 7.11 Å². The quantitative estimate of drug-likeness (QED) is 0.636. The summed E-state index contributed by atoms with van der Waals surface area (Å²) in [5, 5.41) is 3.27. The highest BCUT2D eigenvalue weighted by molar-refractivity contribution is 5.72. The molecule has 0 saturated carbocycles. The van der Waals surface area contributed by atoms with Crippen molar-refractivity contribution in [3.05, 3.63) is 35.4 Å². The van der Waals surface area contributed by atoms with E-state index in [1.807, 2.05) is 38.1 Å². The number of benzene rings is 1. The summed E-state index contributed by atoms with van der Waals surface area (Å²) in [6, 6.07) is 7.77. The first-order valence-corrected chi connectivity index (χ1v) is 5.85. The van der Waals surface area contributed by atoms with Gasteiger partial charge in [0.2, 0.25) is 0 Å². The lowest BCUT2D eigenvalue weighted by Crippen LogP contribution is -2.37. The number of nitrogens with one attached hydrogen (secondary N) is 1. The Hall–Kier alpha value is -1.79. The predicted molar refractivity (Wildman–Crippen MR) is 71.9 cm³/mol. The molecule has 0 heterocycles. The maximum atomic E-state index is 11.3. The fraction of sp³-hybridized carbons (Fsp3) is 0.400. The average molecular weight is 245 g/mol. The van der Waals surface area contributed by atoms with Crippen molar-refractivity contribution in [2.24, 2.45) is 0 Å². The molecule has 18 heavy (non-hydrogen) atoms. The number of hydrogen-bond acceptors (Lipinski definition) is 3. The third-order valence-corrected chi connectivity index (χ3v) is 2.76. The molecule has 3 nitrogen and oxygen atoms in total. The van der Waals surface area contributed by atoms with E-state index in [1.165, 1.54) is 7.11 Å². The van der Waals surface area contributed by atoms with Gasteiger partial charge >= 0.3 is 5.97 Å². The third-order valence-electron chi connectivity index (χ3n) is 2.76. The fourth-order valence-electron chi connectivity index (χ4n) is 1.50. The van der Waals surface area contributed by atoms with E-state index in [0.29, 0.717) is 6.54 Å². The molecular formula is C15H19NO2. The van der Waals surface area contributed by atoms with Gasteiger partial charge in [-0.2, -0.15) is 0 Å². The second-order valence-electron chi connectivity index (χ2n) is 4.64. The molecule has 1 rings (SSSR count). The van der Waals surface area contributed by atoms with Gasteiger partial charge in [-0.05, 0) is 25.0 Å². The lowest BCUT2D eigenvalue weighted by Gasteiger charge is -2.20. The zero-order valence-electron chi connectivity index (χ0n) is 11.1. The minimum atomic E-state index is -0.363. The summed E-state index contributed by atoms with van der Waals surface area (Å²) in [5.74, 6) is 2.44. The second kappa shape index (κ2) is 6.23. The summed E-state index contributed by atoms with van der Waals surface area (Å²) in [6.45, 7) is 4.51. The van der Waals surface area contributed by atoms with Crippen molar-refractivity contribution in [3.8, 4) is 12.3 Å². The van der Waals surface area contributed by atoms with Gasteiger partial charge in [0, 0.05) is 6.54 Å².